The van der Waals surface area contributed by atoms with E-state index in [4.69, 9.17) is 4.74 Å². The van der Waals surface area contributed by atoms with E-state index in [1.807, 2.05) is 41.8 Å². The number of fused-ring (bicyclic) bond motifs is 1. The van der Waals surface area contributed by atoms with E-state index in [1.165, 1.54) is 4.31 Å². The number of hydrogen-bond acceptors (Lipinski definition) is 5. The van der Waals surface area contributed by atoms with Crippen molar-refractivity contribution in [3.8, 4) is 5.75 Å². The summed E-state index contributed by atoms with van der Waals surface area (Å²) >= 11 is 1.61. The highest BCUT2D eigenvalue weighted by molar-refractivity contribution is 7.92. The summed E-state index contributed by atoms with van der Waals surface area (Å²) in [6.07, 6.45) is 0.708. The molecule has 1 aliphatic heterocycles. The van der Waals surface area contributed by atoms with Gasteiger partial charge in [0.2, 0.25) is 10.0 Å². The van der Waals surface area contributed by atoms with Crippen molar-refractivity contribution in [2.45, 2.75) is 13.0 Å². The number of hydrogen-bond donors (Lipinski definition) is 1. The number of nitrogens with one attached hydrogen (secondary N) is 1. The predicted molar refractivity (Wildman–Crippen MR) is 119 cm³/mol. The molecular weight excluding hydrogens is 420 g/mol. The van der Waals surface area contributed by atoms with Crippen LogP contribution < -0.4 is 14.4 Å². The molecule has 0 radical (unpaired) electrons. The van der Waals surface area contributed by atoms with Crippen LogP contribution in [0.4, 0.5) is 5.69 Å². The number of anilines is 1. The zero-order chi connectivity index (χ0) is 21.0. The Balaban J connectivity index is 1.32. The molecule has 8 heteroatoms. The fourth-order valence-electron chi connectivity index (χ4n) is 3.38. The van der Waals surface area contributed by atoms with Crippen LogP contribution in [0.1, 0.15) is 20.8 Å². The molecule has 0 fully saturated rings. The first-order valence-corrected chi connectivity index (χ1v) is 12.1. The van der Waals surface area contributed by atoms with Gasteiger partial charge < -0.3 is 10.1 Å². The molecule has 0 saturated carbocycles. The first-order valence-electron chi connectivity index (χ1n) is 9.65. The summed E-state index contributed by atoms with van der Waals surface area (Å²) in [6, 6.07) is 18.3. The third kappa shape index (κ3) is 4.66. The van der Waals surface area contributed by atoms with E-state index >= 15 is 0 Å². The summed E-state index contributed by atoms with van der Waals surface area (Å²) in [5, 5.41) is 4.68. The monoisotopic (exact) mass is 442 g/mol. The van der Waals surface area contributed by atoms with E-state index in [-0.39, 0.29) is 18.2 Å². The van der Waals surface area contributed by atoms with Gasteiger partial charge in [-0.2, -0.15) is 0 Å². The van der Waals surface area contributed by atoms with E-state index < -0.39 is 10.0 Å². The van der Waals surface area contributed by atoms with Crippen LogP contribution in [0.15, 0.2) is 66.0 Å². The van der Waals surface area contributed by atoms with Gasteiger partial charge in [-0.25, -0.2) is 8.42 Å². The molecule has 6 nitrogen and oxygen atoms in total. The third-order valence-corrected chi connectivity index (χ3v) is 7.50. The quantitative estimate of drug-likeness (QED) is 0.580. The lowest BCUT2D eigenvalue weighted by Gasteiger charge is -2.19. The fourth-order valence-corrected chi connectivity index (χ4v) is 5.42. The average Bonchev–Trinajstić information content (AvgIpc) is 3.42. The zero-order valence-electron chi connectivity index (χ0n) is 16.3. The summed E-state index contributed by atoms with van der Waals surface area (Å²) in [6.45, 7) is 0.928. The van der Waals surface area contributed by atoms with Crippen molar-refractivity contribution in [2.75, 3.05) is 23.1 Å². The lowest BCUT2D eigenvalue weighted by Crippen LogP contribution is -2.37. The van der Waals surface area contributed by atoms with Gasteiger partial charge in [-0.05, 0) is 47.7 Å². The van der Waals surface area contributed by atoms with Crippen LogP contribution in [-0.2, 0) is 23.1 Å². The van der Waals surface area contributed by atoms with Gasteiger partial charge in [0.15, 0.2) is 0 Å². The number of amides is 1. The molecule has 0 aliphatic carbocycles. The second-order valence-electron chi connectivity index (χ2n) is 6.92. The number of nitrogens with zero attached hydrogens (tertiary/aromatic N) is 1. The highest BCUT2D eigenvalue weighted by atomic mass is 32.2. The minimum absolute atomic E-state index is 0.0418. The third-order valence-electron chi connectivity index (χ3n) is 4.88. The Bertz CT molecular complexity index is 1130. The maximum atomic E-state index is 12.7. The van der Waals surface area contributed by atoms with Gasteiger partial charge in [-0.1, -0.05) is 30.3 Å². The molecular formula is C22H22N2O4S2. The molecule has 0 unspecified atom stereocenters. The van der Waals surface area contributed by atoms with Gasteiger partial charge in [0.25, 0.3) is 5.91 Å². The average molecular weight is 443 g/mol. The number of para-hydroxylation sites is 1. The van der Waals surface area contributed by atoms with Crippen molar-refractivity contribution in [1.29, 1.82) is 0 Å². The Morgan fingerprint density at radius 1 is 1.10 bits per heavy atom. The normalized spacial score (nSPS) is 13.1. The van der Waals surface area contributed by atoms with Gasteiger partial charge in [-0.15, -0.1) is 11.3 Å². The van der Waals surface area contributed by atoms with Crippen molar-refractivity contribution in [2.24, 2.45) is 0 Å². The number of carbonyl (C=O) groups is 1. The molecule has 30 heavy (non-hydrogen) atoms. The van der Waals surface area contributed by atoms with Crippen LogP contribution >= 0.6 is 11.3 Å². The van der Waals surface area contributed by atoms with Gasteiger partial charge in [0, 0.05) is 23.5 Å². The standard InChI is InChI=1S/C22H22N2O4S2/c25-22(18-6-3-7-19(15-18)28-16-20-8-4-13-29-20)23-11-14-30(26,27)24-12-10-17-5-1-2-9-21(17)24/h1-9,13,15H,10-12,14,16H2,(H,23,25). The topological polar surface area (TPSA) is 75.7 Å². The molecule has 0 saturated heterocycles. The molecule has 1 aliphatic rings. The Labute approximate surface area is 180 Å². The second kappa shape index (κ2) is 8.89. The summed E-state index contributed by atoms with van der Waals surface area (Å²) in [5.41, 5.74) is 2.20. The predicted octanol–water partition coefficient (Wildman–Crippen LogP) is 3.45. The fraction of sp³-hybridized carbons (Fsp3) is 0.227. The largest absolute Gasteiger partial charge is 0.488 e. The summed E-state index contributed by atoms with van der Waals surface area (Å²) in [5.74, 6) is 0.118. The number of ether oxygens (including phenoxy) is 1. The van der Waals surface area contributed by atoms with E-state index in [9.17, 15) is 13.2 Å². The Morgan fingerprint density at radius 3 is 2.80 bits per heavy atom. The minimum Gasteiger partial charge on any atom is -0.488 e. The van der Waals surface area contributed by atoms with Crippen molar-refractivity contribution in [3.05, 3.63) is 82.0 Å². The molecule has 2 aromatic carbocycles. The van der Waals surface area contributed by atoms with E-state index in [2.05, 4.69) is 5.32 Å². The molecule has 0 spiro atoms. The SMILES string of the molecule is O=C(NCCS(=O)(=O)N1CCc2ccccc21)c1cccc(OCc2cccs2)c1. The van der Waals surface area contributed by atoms with Gasteiger partial charge in [0.1, 0.15) is 12.4 Å². The molecule has 1 N–H and O–H groups in total. The van der Waals surface area contributed by atoms with Gasteiger partial charge in [-0.3, -0.25) is 9.10 Å². The van der Waals surface area contributed by atoms with Gasteiger partial charge in [0.05, 0.1) is 11.4 Å². The molecule has 2 heterocycles. The molecule has 0 atom stereocenters. The van der Waals surface area contributed by atoms with Crippen LogP contribution in [-0.4, -0.2) is 33.2 Å². The van der Waals surface area contributed by atoms with E-state index in [1.54, 1.807) is 35.6 Å². The Morgan fingerprint density at radius 2 is 1.97 bits per heavy atom. The van der Waals surface area contributed by atoms with Crippen LogP contribution in [0, 0.1) is 0 Å². The van der Waals surface area contributed by atoms with Crippen molar-refractivity contribution >= 4 is 33.0 Å². The zero-order valence-corrected chi connectivity index (χ0v) is 17.9. The van der Waals surface area contributed by atoms with Crippen LogP contribution in [0.25, 0.3) is 0 Å². The summed E-state index contributed by atoms with van der Waals surface area (Å²) < 4.78 is 32.6. The number of sulfonamides is 1. The highest BCUT2D eigenvalue weighted by Gasteiger charge is 2.28. The maximum Gasteiger partial charge on any atom is 0.251 e. The first kappa shape index (κ1) is 20.4. The van der Waals surface area contributed by atoms with E-state index in [0.717, 1.165) is 16.1 Å². The number of thiophene rings is 1. The van der Waals surface area contributed by atoms with Crippen LogP contribution in [0.3, 0.4) is 0 Å². The Kier molecular flexibility index (Phi) is 6.06. The molecule has 4 rings (SSSR count). The molecule has 1 amide bonds. The second-order valence-corrected chi connectivity index (χ2v) is 9.96. The molecule has 0 bridgehead atoms. The van der Waals surface area contributed by atoms with E-state index in [0.29, 0.717) is 30.9 Å². The van der Waals surface area contributed by atoms with Crippen molar-refractivity contribution < 1.29 is 17.9 Å². The maximum absolute atomic E-state index is 12.7. The summed E-state index contributed by atoms with van der Waals surface area (Å²) in [4.78, 5) is 13.6. The molecule has 156 valence electrons. The minimum atomic E-state index is -3.50. The highest BCUT2D eigenvalue weighted by Crippen LogP contribution is 2.29. The number of carbonyl (C=O) groups excluding carboxylic acids is 1. The van der Waals surface area contributed by atoms with Crippen LogP contribution in [0.2, 0.25) is 0 Å². The molecule has 1 aromatic heterocycles. The lowest BCUT2D eigenvalue weighted by molar-refractivity contribution is 0.0955. The smallest absolute Gasteiger partial charge is 0.251 e. The Hall–Kier alpha value is -2.84. The molecule has 3 aromatic rings. The number of benzene rings is 2. The first-order chi connectivity index (χ1) is 14.5. The van der Waals surface area contributed by atoms with Crippen molar-refractivity contribution in [1.82, 2.24) is 5.32 Å². The lowest BCUT2D eigenvalue weighted by atomic mass is 10.2. The van der Waals surface area contributed by atoms with Gasteiger partial charge >= 0.3 is 0 Å². The van der Waals surface area contributed by atoms with Crippen molar-refractivity contribution in [3.63, 3.8) is 0 Å². The summed E-state index contributed by atoms with van der Waals surface area (Å²) in [7, 11) is -3.50. The van der Waals surface area contributed by atoms with Crippen LogP contribution in [0.5, 0.6) is 5.75 Å². The number of rotatable bonds is 8.